The van der Waals surface area contributed by atoms with E-state index in [1.165, 1.54) is 47.3 Å². The average molecular weight is 690 g/mol. The van der Waals surface area contributed by atoms with E-state index < -0.39 is 38.9 Å². The van der Waals surface area contributed by atoms with Gasteiger partial charge in [0.05, 0.1) is 27.7 Å². The number of non-ortho nitro benzene ring substituents is 1. The number of nitro groups is 1. The number of hydrogen-bond acceptors (Lipinski definition) is 8. The molecule has 46 heavy (non-hydrogen) atoms. The van der Waals surface area contributed by atoms with Gasteiger partial charge < -0.3 is 9.47 Å². The van der Waals surface area contributed by atoms with E-state index in [1.54, 1.807) is 51.1 Å². The first-order valence-electron chi connectivity index (χ1n) is 13.9. The molecule has 1 aliphatic heterocycles. The molecule has 0 radical (unpaired) electrons. The minimum atomic E-state index is -4.33. The Labute approximate surface area is 273 Å². The highest BCUT2D eigenvalue weighted by Gasteiger charge is 2.40. The van der Waals surface area contributed by atoms with E-state index in [0.717, 1.165) is 4.31 Å². The Bertz CT molecular complexity index is 1950. The van der Waals surface area contributed by atoms with Crippen LogP contribution in [0.2, 0.25) is 10.2 Å². The van der Waals surface area contributed by atoms with Gasteiger partial charge in [0.25, 0.3) is 15.7 Å². The summed E-state index contributed by atoms with van der Waals surface area (Å²) in [6.45, 7) is 5.11. The highest BCUT2D eigenvalue weighted by Crippen LogP contribution is 2.40. The van der Waals surface area contributed by atoms with Gasteiger partial charge in [-0.3, -0.25) is 19.1 Å². The van der Waals surface area contributed by atoms with Crippen molar-refractivity contribution in [1.29, 1.82) is 0 Å². The molecule has 0 unspecified atom stereocenters. The molecule has 0 aliphatic carbocycles. The second kappa shape index (κ2) is 13.1. The van der Waals surface area contributed by atoms with Crippen LogP contribution in [0.25, 0.3) is 11.6 Å². The van der Waals surface area contributed by atoms with Crippen LogP contribution in [0, 0.1) is 15.9 Å². The Hall–Kier alpha value is -4.46. The molecule has 4 aromatic rings. The second-order valence-electron chi connectivity index (χ2n) is 10.4. The number of benzene rings is 3. The van der Waals surface area contributed by atoms with Crippen molar-refractivity contribution in [2.75, 3.05) is 10.8 Å². The number of hydrogen-bond donors (Lipinski definition) is 0. The number of sulfonamides is 1. The zero-order valence-corrected chi connectivity index (χ0v) is 27.0. The number of aryl methyl sites for hydroxylation is 1. The number of nitro benzene ring substituents is 1. The number of rotatable bonds is 9. The van der Waals surface area contributed by atoms with E-state index in [2.05, 4.69) is 5.10 Å². The van der Waals surface area contributed by atoms with Crippen molar-refractivity contribution in [2.45, 2.75) is 44.4 Å². The Balaban J connectivity index is 1.51. The highest BCUT2D eigenvalue weighted by molar-refractivity contribution is 7.93. The minimum Gasteiger partial charge on any atom is -0.482 e. The Morgan fingerprint density at radius 1 is 1.22 bits per heavy atom. The Kier molecular flexibility index (Phi) is 9.38. The van der Waals surface area contributed by atoms with Gasteiger partial charge in [-0.2, -0.15) is 5.10 Å². The summed E-state index contributed by atoms with van der Waals surface area (Å²) in [7, 11) is -4.33. The molecule has 0 N–H and O–H groups in total. The molecule has 0 fully saturated rings. The molecule has 1 aromatic heterocycles. The van der Waals surface area contributed by atoms with E-state index in [4.69, 9.17) is 32.7 Å². The van der Waals surface area contributed by atoms with E-state index in [0.29, 0.717) is 17.7 Å². The normalized spacial score (nSPS) is 15.6. The third-order valence-electron chi connectivity index (χ3n) is 7.32. The lowest BCUT2D eigenvalue weighted by molar-refractivity contribution is -0.384. The third-order valence-corrected chi connectivity index (χ3v) is 9.81. The summed E-state index contributed by atoms with van der Waals surface area (Å²) in [6, 6.07) is 14.1. The lowest BCUT2D eigenvalue weighted by Gasteiger charge is -2.37. The van der Waals surface area contributed by atoms with Gasteiger partial charge in [-0.1, -0.05) is 41.4 Å². The van der Waals surface area contributed by atoms with Crippen LogP contribution in [0.4, 0.5) is 15.8 Å². The zero-order chi connectivity index (χ0) is 33.3. The molecular formula is C31H27Cl2FN4O7S. The van der Waals surface area contributed by atoms with Crippen LogP contribution in [0.5, 0.6) is 5.75 Å². The molecule has 0 saturated heterocycles. The van der Waals surface area contributed by atoms with E-state index in [1.807, 2.05) is 0 Å². The maximum atomic E-state index is 14.6. The molecule has 11 nitrogen and oxygen atoms in total. The topological polar surface area (TPSA) is 134 Å². The van der Waals surface area contributed by atoms with Crippen molar-refractivity contribution in [2.24, 2.45) is 0 Å². The number of ether oxygens (including phenoxy) is 2. The number of anilines is 1. The first-order valence-corrected chi connectivity index (χ1v) is 16.1. The van der Waals surface area contributed by atoms with Gasteiger partial charge in [-0.15, -0.1) is 0 Å². The maximum Gasteiger partial charge on any atom is 0.338 e. The Morgan fingerprint density at radius 3 is 2.57 bits per heavy atom. The summed E-state index contributed by atoms with van der Waals surface area (Å²) in [4.78, 5) is 23.0. The molecule has 0 bridgehead atoms. The molecule has 1 aliphatic rings. The van der Waals surface area contributed by atoms with E-state index in [-0.39, 0.29) is 49.9 Å². The lowest BCUT2D eigenvalue weighted by atomic mass is 10.0. The number of carbonyl (C=O) groups is 1. The number of allylic oxidation sites excluding steroid dienone is 1. The van der Waals surface area contributed by atoms with Crippen LogP contribution < -0.4 is 9.04 Å². The standard InChI is InChI=1S/C31H27Cl2FN4O7S/c1-4-36-17-28(30(33)35-36)46(42,43)37-16-27(19(3)44-31(39)21-9-11-22(12-10-21)38(40)41)45-26-13-8-20(15-25(26)37)14-18(2)29-23(32)6-5-7-24(29)34/h5-15,17,19,27H,4,16H2,1-3H3/b18-14+/t19-,27-/m1/s1. The van der Waals surface area contributed by atoms with Crippen molar-refractivity contribution in [3.63, 3.8) is 0 Å². The summed E-state index contributed by atoms with van der Waals surface area (Å²) >= 11 is 12.5. The maximum absolute atomic E-state index is 14.6. The number of aromatic nitrogens is 2. The largest absolute Gasteiger partial charge is 0.482 e. The molecule has 2 atom stereocenters. The second-order valence-corrected chi connectivity index (χ2v) is 13.0. The van der Waals surface area contributed by atoms with Crippen LogP contribution in [0.1, 0.15) is 42.3 Å². The lowest BCUT2D eigenvalue weighted by Crippen LogP contribution is -2.49. The van der Waals surface area contributed by atoms with Crippen molar-refractivity contribution in [1.82, 2.24) is 9.78 Å². The predicted molar refractivity (Wildman–Crippen MR) is 171 cm³/mol. The van der Waals surface area contributed by atoms with Crippen LogP contribution in [0.15, 0.2) is 71.8 Å². The van der Waals surface area contributed by atoms with Crippen LogP contribution in [-0.2, 0) is 21.3 Å². The van der Waals surface area contributed by atoms with Gasteiger partial charge in [0.1, 0.15) is 22.6 Å². The third kappa shape index (κ3) is 6.57. The Morgan fingerprint density at radius 2 is 1.93 bits per heavy atom. The van der Waals surface area contributed by atoms with Crippen LogP contribution >= 0.6 is 23.2 Å². The van der Waals surface area contributed by atoms with Gasteiger partial charge in [0.2, 0.25) is 0 Å². The SMILES string of the molecule is CCn1cc(S(=O)(=O)N2C[C@H]([C@@H](C)OC(=O)c3ccc([N+](=O)[O-])cc3)Oc3ccc(/C=C(\C)c4c(F)cccc4Cl)cc32)c(Cl)n1. The fraction of sp³-hybridized carbons (Fsp3) is 0.226. The number of halogens is 3. The van der Waals surface area contributed by atoms with Gasteiger partial charge in [-0.25, -0.2) is 17.6 Å². The van der Waals surface area contributed by atoms with Gasteiger partial charge >= 0.3 is 5.97 Å². The minimum absolute atomic E-state index is 0.0682. The van der Waals surface area contributed by atoms with Gasteiger partial charge in [-0.05, 0) is 68.3 Å². The highest BCUT2D eigenvalue weighted by atomic mass is 35.5. The summed E-state index contributed by atoms with van der Waals surface area (Å²) in [5.74, 6) is -1.11. The number of nitrogens with zero attached hydrogens (tertiary/aromatic N) is 4. The predicted octanol–water partition coefficient (Wildman–Crippen LogP) is 7.02. The van der Waals surface area contributed by atoms with Crippen molar-refractivity contribution in [3.05, 3.63) is 110 Å². The molecule has 0 spiro atoms. The monoisotopic (exact) mass is 688 g/mol. The summed E-state index contributed by atoms with van der Waals surface area (Å²) in [5, 5.41) is 15.0. The molecule has 5 rings (SSSR count). The molecular weight excluding hydrogens is 662 g/mol. The quantitative estimate of drug-likeness (QED) is 0.0793. The van der Waals surface area contributed by atoms with E-state index >= 15 is 0 Å². The summed E-state index contributed by atoms with van der Waals surface area (Å²) in [5.41, 5.74) is 1.30. The van der Waals surface area contributed by atoms with Crippen LogP contribution in [-0.4, -0.2) is 47.8 Å². The molecule has 2 heterocycles. The number of fused-ring (bicyclic) bond motifs is 1. The molecule has 0 saturated carbocycles. The van der Waals surface area contributed by atoms with Crippen LogP contribution in [0.3, 0.4) is 0 Å². The van der Waals surface area contributed by atoms with Crippen molar-refractivity contribution >= 4 is 62.2 Å². The smallest absolute Gasteiger partial charge is 0.338 e. The average Bonchev–Trinajstić information content (AvgIpc) is 3.41. The molecule has 0 amide bonds. The van der Waals surface area contributed by atoms with Crippen molar-refractivity contribution < 1.29 is 32.0 Å². The number of esters is 1. The molecule has 15 heteroatoms. The van der Waals surface area contributed by atoms with Gasteiger partial charge in [0, 0.05) is 30.4 Å². The summed E-state index contributed by atoms with van der Waals surface area (Å²) in [6.07, 6.45) is 1.06. The van der Waals surface area contributed by atoms with E-state index in [9.17, 15) is 27.7 Å². The zero-order valence-electron chi connectivity index (χ0n) is 24.7. The molecule has 240 valence electrons. The fourth-order valence-corrected chi connectivity index (χ4v) is 7.16. The fourth-order valence-electron chi connectivity index (χ4n) is 4.91. The van der Waals surface area contributed by atoms with Crippen molar-refractivity contribution in [3.8, 4) is 5.75 Å². The first-order chi connectivity index (χ1) is 21.8. The molecule has 3 aromatic carbocycles. The van der Waals surface area contributed by atoms with Gasteiger partial charge in [0.15, 0.2) is 11.3 Å². The summed E-state index contributed by atoms with van der Waals surface area (Å²) < 4.78 is 57.1. The first kappa shape index (κ1) is 32.9. The number of carbonyl (C=O) groups excluding carboxylic acids is 1.